The molecular formula is C23H20O. The summed E-state index contributed by atoms with van der Waals surface area (Å²) in [6.07, 6.45) is 5.01. The number of carbonyl (C=O) groups excluding carboxylic acids is 1. The quantitative estimate of drug-likeness (QED) is 0.550. The van der Waals surface area contributed by atoms with Crippen molar-refractivity contribution in [2.75, 3.05) is 0 Å². The minimum Gasteiger partial charge on any atom is -0.294 e. The van der Waals surface area contributed by atoms with Crippen LogP contribution < -0.4 is 0 Å². The summed E-state index contributed by atoms with van der Waals surface area (Å²) in [6.45, 7) is 0. The number of rotatable bonds is 3. The molecule has 1 aliphatic rings. The first-order valence-electron chi connectivity index (χ1n) is 8.59. The Morgan fingerprint density at radius 3 is 2.33 bits per heavy atom. The molecule has 0 amide bonds. The summed E-state index contributed by atoms with van der Waals surface area (Å²) in [5, 5.41) is 2.32. The van der Waals surface area contributed by atoms with Gasteiger partial charge in [0.15, 0.2) is 5.78 Å². The highest BCUT2D eigenvalue weighted by atomic mass is 16.1. The van der Waals surface area contributed by atoms with Crippen LogP contribution in [-0.2, 0) is 0 Å². The molecule has 0 fully saturated rings. The Bertz CT molecular complexity index is 905. The van der Waals surface area contributed by atoms with Gasteiger partial charge in [-0.05, 0) is 47.2 Å². The summed E-state index contributed by atoms with van der Waals surface area (Å²) < 4.78 is 0. The molecule has 0 spiro atoms. The summed E-state index contributed by atoms with van der Waals surface area (Å²) in [4.78, 5) is 12.9. The highest BCUT2D eigenvalue weighted by Gasteiger charge is 2.23. The largest absolute Gasteiger partial charge is 0.294 e. The first-order valence-corrected chi connectivity index (χ1v) is 8.59. The molecule has 0 N–H and O–H groups in total. The van der Waals surface area contributed by atoms with Gasteiger partial charge in [0.1, 0.15) is 0 Å². The fourth-order valence-electron chi connectivity index (χ4n) is 3.57. The zero-order valence-corrected chi connectivity index (χ0v) is 13.6. The van der Waals surface area contributed by atoms with Crippen molar-refractivity contribution in [1.29, 1.82) is 0 Å². The third kappa shape index (κ3) is 2.90. The van der Waals surface area contributed by atoms with Crippen LogP contribution in [0.15, 0.2) is 78.9 Å². The molecule has 1 aliphatic carbocycles. The van der Waals surface area contributed by atoms with E-state index >= 15 is 0 Å². The van der Waals surface area contributed by atoms with Crippen molar-refractivity contribution < 1.29 is 4.79 Å². The van der Waals surface area contributed by atoms with Gasteiger partial charge in [0.2, 0.25) is 0 Å². The minimum atomic E-state index is 0.110. The third-order valence-corrected chi connectivity index (χ3v) is 4.96. The Kier molecular flexibility index (Phi) is 4.00. The summed E-state index contributed by atoms with van der Waals surface area (Å²) in [6, 6.07) is 24.7. The molecule has 1 heteroatoms. The predicted molar refractivity (Wildman–Crippen MR) is 100 cm³/mol. The maximum Gasteiger partial charge on any atom is 0.166 e. The molecule has 3 aromatic rings. The van der Waals surface area contributed by atoms with Gasteiger partial charge in [-0.25, -0.2) is 0 Å². The van der Waals surface area contributed by atoms with E-state index in [0.717, 1.165) is 30.2 Å². The smallest absolute Gasteiger partial charge is 0.166 e. The number of Topliss-reactive ketones (excluding diaryl/α,β-unsaturated/α-hetero) is 1. The SMILES string of the molecule is O=C(c1ccc2ccccc2c1)C1CC=C(c2ccccc2)CC1. The maximum absolute atomic E-state index is 12.9. The standard InChI is InChI=1S/C23H20O/c24-23(22-15-12-18-8-4-5-9-21(18)16-22)20-13-10-19(11-14-20)17-6-2-1-3-7-17/h1-10,12,15-16,20H,11,13-14H2. The number of fused-ring (bicyclic) bond motifs is 1. The molecule has 1 unspecified atom stereocenters. The van der Waals surface area contributed by atoms with Gasteiger partial charge in [0, 0.05) is 11.5 Å². The van der Waals surface area contributed by atoms with E-state index in [2.05, 4.69) is 48.5 Å². The second kappa shape index (κ2) is 6.45. The molecule has 0 saturated carbocycles. The van der Waals surface area contributed by atoms with Crippen LogP contribution in [0.2, 0.25) is 0 Å². The van der Waals surface area contributed by atoms with Crippen molar-refractivity contribution in [1.82, 2.24) is 0 Å². The number of allylic oxidation sites excluding steroid dienone is 2. The Hall–Kier alpha value is -2.67. The van der Waals surface area contributed by atoms with Crippen LogP contribution in [-0.4, -0.2) is 5.78 Å². The van der Waals surface area contributed by atoms with Gasteiger partial charge in [-0.3, -0.25) is 4.79 Å². The van der Waals surface area contributed by atoms with Crippen molar-refractivity contribution in [3.8, 4) is 0 Å². The zero-order valence-electron chi connectivity index (χ0n) is 13.6. The number of hydrogen-bond donors (Lipinski definition) is 0. The Morgan fingerprint density at radius 1 is 0.833 bits per heavy atom. The van der Waals surface area contributed by atoms with Gasteiger partial charge in [0.25, 0.3) is 0 Å². The fourth-order valence-corrected chi connectivity index (χ4v) is 3.57. The maximum atomic E-state index is 12.9. The van der Waals surface area contributed by atoms with Gasteiger partial charge >= 0.3 is 0 Å². The lowest BCUT2D eigenvalue weighted by Crippen LogP contribution is -2.17. The van der Waals surface area contributed by atoms with E-state index in [1.54, 1.807) is 0 Å². The van der Waals surface area contributed by atoms with Crippen LogP contribution in [0.4, 0.5) is 0 Å². The van der Waals surface area contributed by atoms with Crippen LogP contribution in [0.5, 0.6) is 0 Å². The summed E-state index contributed by atoms with van der Waals surface area (Å²) in [7, 11) is 0. The van der Waals surface area contributed by atoms with Crippen LogP contribution in [0, 0.1) is 5.92 Å². The fraction of sp³-hybridized carbons (Fsp3) is 0.174. The van der Waals surface area contributed by atoms with E-state index in [1.165, 1.54) is 16.5 Å². The van der Waals surface area contributed by atoms with Crippen LogP contribution in [0.1, 0.15) is 35.2 Å². The minimum absolute atomic E-state index is 0.110. The van der Waals surface area contributed by atoms with Gasteiger partial charge in [-0.1, -0.05) is 72.8 Å². The van der Waals surface area contributed by atoms with Gasteiger partial charge < -0.3 is 0 Å². The van der Waals surface area contributed by atoms with E-state index in [1.807, 2.05) is 30.3 Å². The monoisotopic (exact) mass is 312 g/mol. The van der Waals surface area contributed by atoms with Crippen LogP contribution >= 0.6 is 0 Å². The number of ketones is 1. The molecule has 0 aromatic heterocycles. The van der Waals surface area contributed by atoms with Gasteiger partial charge in [-0.15, -0.1) is 0 Å². The molecule has 0 saturated heterocycles. The molecule has 24 heavy (non-hydrogen) atoms. The van der Waals surface area contributed by atoms with E-state index in [0.29, 0.717) is 0 Å². The Morgan fingerprint density at radius 2 is 1.58 bits per heavy atom. The number of benzene rings is 3. The number of carbonyl (C=O) groups is 1. The van der Waals surface area contributed by atoms with Crippen LogP contribution in [0.3, 0.4) is 0 Å². The molecule has 118 valence electrons. The average Bonchev–Trinajstić information content (AvgIpc) is 2.68. The molecule has 3 aromatic carbocycles. The second-order valence-electron chi connectivity index (χ2n) is 6.49. The van der Waals surface area contributed by atoms with E-state index in [9.17, 15) is 4.79 Å². The molecular weight excluding hydrogens is 292 g/mol. The zero-order chi connectivity index (χ0) is 16.4. The molecule has 0 bridgehead atoms. The van der Waals surface area contributed by atoms with E-state index < -0.39 is 0 Å². The summed E-state index contributed by atoms with van der Waals surface area (Å²) in [5.74, 6) is 0.391. The highest BCUT2D eigenvalue weighted by molar-refractivity contribution is 6.01. The van der Waals surface area contributed by atoms with Crippen LogP contribution in [0.25, 0.3) is 16.3 Å². The van der Waals surface area contributed by atoms with Gasteiger partial charge in [-0.2, -0.15) is 0 Å². The Labute approximate surface area is 142 Å². The summed E-state index contributed by atoms with van der Waals surface area (Å²) in [5.41, 5.74) is 3.50. The van der Waals surface area contributed by atoms with Crippen molar-refractivity contribution in [2.24, 2.45) is 5.92 Å². The molecule has 1 atom stereocenters. The average molecular weight is 312 g/mol. The van der Waals surface area contributed by atoms with Gasteiger partial charge in [0.05, 0.1) is 0 Å². The van der Waals surface area contributed by atoms with E-state index in [4.69, 9.17) is 0 Å². The highest BCUT2D eigenvalue weighted by Crippen LogP contribution is 2.32. The Balaban J connectivity index is 1.54. The lowest BCUT2D eigenvalue weighted by atomic mass is 9.82. The lowest BCUT2D eigenvalue weighted by molar-refractivity contribution is 0.0913. The molecule has 0 aliphatic heterocycles. The molecule has 4 rings (SSSR count). The number of hydrogen-bond acceptors (Lipinski definition) is 1. The predicted octanol–water partition coefficient (Wildman–Crippen LogP) is 5.91. The van der Waals surface area contributed by atoms with E-state index in [-0.39, 0.29) is 11.7 Å². The van der Waals surface area contributed by atoms with Crippen molar-refractivity contribution in [2.45, 2.75) is 19.3 Å². The molecule has 1 nitrogen and oxygen atoms in total. The first-order chi connectivity index (χ1) is 11.8. The van der Waals surface area contributed by atoms with Crippen molar-refractivity contribution in [3.05, 3.63) is 90.0 Å². The normalized spacial score (nSPS) is 17.5. The van der Waals surface area contributed by atoms with Crippen molar-refractivity contribution >= 4 is 22.1 Å². The third-order valence-electron chi connectivity index (χ3n) is 4.96. The first kappa shape index (κ1) is 14.9. The second-order valence-corrected chi connectivity index (χ2v) is 6.49. The molecule has 0 radical (unpaired) electrons. The lowest BCUT2D eigenvalue weighted by Gasteiger charge is -2.21. The summed E-state index contributed by atoms with van der Waals surface area (Å²) >= 11 is 0. The van der Waals surface area contributed by atoms with Crippen molar-refractivity contribution in [3.63, 3.8) is 0 Å². The molecule has 0 heterocycles. The topological polar surface area (TPSA) is 17.1 Å².